The van der Waals surface area contributed by atoms with Gasteiger partial charge >= 0.3 is 12.7 Å². The summed E-state index contributed by atoms with van der Waals surface area (Å²) in [5.74, 6) is 0.538. The van der Waals surface area contributed by atoms with Crippen LogP contribution in [0, 0.1) is 0 Å². The zero-order valence-electron chi connectivity index (χ0n) is 20.9. The molecule has 0 heterocycles. The molecule has 9 nitrogen and oxygen atoms in total. The highest BCUT2D eigenvalue weighted by atomic mass is 32.5. The zero-order chi connectivity index (χ0) is 24.7. The molecule has 1 aromatic carbocycles. The molecule has 0 bridgehead atoms. The van der Waals surface area contributed by atoms with Gasteiger partial charge in [0.2, 0.25) is 0 Å². The van der Waals surface area contributed by atoms with Crippen LogP contribution in [0.2, 0.25) is 0 Å². The average Bonchev–Trinajstić information content (AvgIpc) is 2.68. The molecule has 0 aromatic heterocycles. The Labute approximate surface area is 209 Å². The van der Waals surface area contributed by atoms with Crippen LogP contribution in [-0.2, 0) is 25.6 Å². The molecule has 1 aromatic rings. The highest BCUT2D eigenvalue weighted by Gasteiger charge is 2.28. The van der Waals surface area contributed by atoms with E-state index in [-0.39, 0.29) is 18.5 Å². The lowest BCUT2D eigenvalue weighted by Gasteiger charge is -2.30. The summed E-state index contributed by atoms with van der Waals surface area (Å²) in [6, 6.07) is 7.60. The van der Waals surface area contributed by atoms with Gasteiger partial charge < -0.3 is 34.0 Å². The van der Waals surface area contributed by atoms with E-state index < -0.39 is 18.8 Å². The summed E-state index contributed by atoms with van der Waals surface area (Å²) in [5.41, 5.74) is 0. The van der Waals surface area contributed by atoms with Gasteiger partial charge in [0.1, 0.15) is 24.1 Å². The number of nitrogens with zero attached hydrogens (tertiary/aromatic N) is 1. The minimum absolute atomic E-state index is 0. The highest BCUT2D eigenvalue weighted by Crippen LogP contribution is 2.45. The number of ether oxygens (including phenoxy) is 2. The molecule has 0 aliphatic rings. The molecule has 0 fully saturated rings. The molecule has 11 heteroatoms. The van der Waals surface area contributed by atoms with Crippen molar-refractivity contribution in [3.05, 3.63) is 24.3 Å². The number of carboxylic acid groups (broad SMARTS) is 1. The monoisotopic (exact) mass is 523 g/mol. The van der Waals surface area contributed by atoms with E-state index in [0.717, 1.165) is 17.9 Å². The summed E-state index contributed by atoms with van der Waals surface area (Å²) in [7, 11) is 5.74. The lowest BCUT2D eigenvalue weighted by Crippen LogP contribution is -2.42. The number of hydrogen-bond acceptors (Lipinski definition) is 7. The predicted octanol–water partition coefficient (Wildman–Crippen LogP) is 4.43. The van der Waals surface area contributed by atoms with E-state index in [4.69, 9.17) is 35.4 Å². The number of hydrogen-bond donors (Lipinski definition) is 2. The second-order valence-electron chi connectivity index (χ2n) is 9.04. The summed E-state index contributed by atoms with van der Waals surface area (Å²) in [5, 5.41) is 9.08. The second kappa shape index (κ2) is 17.2. The molecule has 1 unspecified atom stereocenters. The molecule has 2 atom stereocenters. The van der Waals surface area contributed by atoms with Gasteiger partial charge in [-0.25, -0.2) is 0 Å². The summed E-state index contributed by atoms with van der Waals surface area (Å²) in [6.45, 7) is 0.464. The number of rotatable bonds is 19. The van der Waals surface area contributed by atoms with Crippen molar-refractivity contribution < 1.29 is 43.3 Å². The first-order valence-corrected chi connectivity index (χ1v) is 14.1. The van der Waals surface area contributed by atoms with Crippen molar-refractivity contribution in [3.8, 4) is 11.5 Å². The van der Waals surface area contributed by atoms with Crippen LogP contribution in [0.5, 0.6) is 11.5 Å². The van der Waals surface area contributed by atoms with Crippen molar-refractivity contribution >= 4 is 24.5 Å². The van der Waals surface area contributed by atoms with Crippen LogP contribution in [0.25, 0.3) is 0 Å². The van der Waals surface area contributed by atoms with Gasteiger partial charge in [-0.2, -0.15) is 0 Å². The molecule has 0 aliphatic carbocycles. The number of carboxylic acids is 1. The fourth-order valence-electron chi connectivity index (χ4n) is 3.11. The van der Waals surface area contributed by atoms with Crippen LogP contribution in [0.4, 0.5) is 0 Å². The number of carbonyl (C=O) groups is 1. The minimum Gasteiger partial charge on any atom is -0.870 e. The SMILES string of the molecule is CCCCCCOc1cccc(OCCCCOP(O)(=S)O[C@H](CC(=O)O)C[N+](C)(C)C)c1.[OH-]. The third-order valence-corrected chi connectivity index (χ3v) is 6.22. The van der Waals surface area contributed by atoms with Crippen molar-refractivity contribution in [2.45, 2.75) is 58.0 Å². The maximum Gasteiger partial charge on any atom is 0.325 e. The topological polar surface area (TPSA) is 124 Å². The van der Waals surface area contributed by atoms with Crippen molar-refractivity contribution in [1.82, 2.24) is 0 Å². The predicted molar refractivity (Wildman–Crippen MR) is 135 cm³/mol. The van der Waals surface area contributed by atoms with Crippen LogP contribution < -0.4 is 9.47 Å². The molecule has 0 radical (unpaired) electrons. The summed E-state index contributed by atoms with van der Waals surface area (Å²) >= 11 is 5.07. The Morgan fingerprint density at radius 2 is 1.59 bits per heavy atom. The van der Waals surface area contributed by atoms with Crippen molar-refractivity contribution in [2.75, 3.05) is 47.5 Å². The van der Waals surface area contributed by atoms with Gasteiger partial charge in [0.15, 0.2) is 0 Å². The Balaban J connectivity index is 0.0000109. The van der Waals surface area contributed by atoms with Gasteiger partial charge in [-0.3, -0.25) is 9.32 Å². The van der Waals surface area contributed by atoms with Gasteiger partial charge in [0.05, 0.1) is 47.4 Å². The van der Waals surface area contributed by atoms with Gasteiger partial charge in [0.25, 0.3) is 0 Å². The standard InChI is InChI=1S/C23H40NO7PS.H2O/c1-5-6-7-8-14-28-20-12-11-13-21(17-20)29-15-9-10-16-30-32(27,33)31-22(18-23(25)26)19-24(2,3)4;/h11-13,17,22H,5-10,14-16,18-19H2,1-4H3,(H-,25,26,27,33);1H2/t22-,32?;/m1./s1. The van der Waals surface area contributed by atoms with Crippen LogP contribution >= 0.6 is 6.72 Å². The first kappa shape index (κ1) is 32.7. The lowest BCUT2D eigenvalue weighted by molar-refractivity contribution is -0.873. The maximum absolute atomic E-state index is 11.1. The molecule has 0 aliphatic heterocycles. The van der Waals surface area contributed by atoms with E-state index in [9.17, 15) is 9.69 Å². The quantitative estimate of drug-likeness (QED) is 0.154. The Morgan fingerprint density at radius 1 is 1.03 bits per heavy atom. The van der Waals surface area contributed by atoms with Gasteiger partial charge in [-0.15, -0.1) is 0 Å². The third-order valence-electron chi connectivity index (χ3n) is 4.57. The van der Waals surface area contributed by atoms with Gasteiger partial charge in [0, 0.05) is 6.07 Å². The molecule has 198 valence electrons. The second-order valence-corrected chi connectivity index (χ2v) is 11.8. The minimum atomic E-state index is -3.52. The van der Waals surface area contributed by atoms with Crippen molar-refractivity contribution in [1.29, 1.82) is 0 Å². The molecule has 3 N–H and O–H groups in total. The smallest absolute Gasteiger partial charge is 0.325 e. The van der Waals surface area contributed by atoms with Crippen LogP contribution in [0.1, 0.15) is 51.9 Å². The van der Waals surface area contributed by atoms with E-state index in [2.05, 4.69) is 6.92 Å². The summed E-state index contributed by atoms with van der Waals surface area (Å²) in [6.07, 6.45) is 5.02. The number of benzene rings is 1. The largest absolute Gasteiger partial charge is 0.870 e. The van der Waals surface area contributed by atoms with Crippen molar-refractivity contribution in [3.63, 3.8) is 0 Å². The van der Waals surface area contributed by atoms with E-state index in [0.29, 0.717) is 37.1 Å². The molecule has 0 spiro atoms. The van der Waals surface area contributed by atoms with E-state index in [1.54, 1.807) is 0 Å². The first-order chi connectivity index (χ1) is 15.5. The fraction of sp³-hybridized carbons (Fsp3) is 0.696. The molecular formula is C23H42NO8PS. The fourth-order valence-corrected chi connectivity index (χ4v) is 4.63. The van der Waals surface area contributed by atoms with Crippen LogP contribution in [-0.4, -0.2) is 79.5 Å². The molecule has 1 rings (SSSR count). The van der Waals surface area contributed by atoms with Crippen LogP contribution in [0.3, 0.4) is 0 Å². The Kier molecular flexibility index (Phi) is 16.6. The number of likely N-dealkylation sites (N-methyl/N-ethyl adjacent to an activating group) is 1. The third kappa shape index (κ3) is 17.2. The number of quaternary nitrogens is 1. The zero-order valence-corrected chi connectivity index (χ0v) is 22.6. The lowest BCUT2D eigenvalue weighted by atomic mass is 10.2. The molecule has 34 heavy (non-hydrogen) atoms. The number of unbranched alkanes of at least 4 members (excludes halogenated alkanes) is 4. The Bertz CT molecular complexity index is 744. The normalized spacial score (nSPS) is 14.0. The van der Waals surface area contributed by atoms with E-state index >= 15 is 0 Å². The molecular weight excluding hydrogens is 481 g/mol. The van der Waals surface area contributed by atoms with Crippen LogP contribution in [0.15, 0.2) is 24.3 Å². The number of aliphatic carboxylic acids is 1. The molecule has 0 saturated heterocycles. The maximum atomic E-state index is 11.1. The highest BCUT2D eigenvalue weighted by molar-refractivity contribution is 8.07. The summed E-state index contributed by atoms with van der Waals surface area (Å²) in [4.78, 5) is 21.4. The molecule has 0 amide bonds. The van der Waals surface area contributed by atoms with Gasteiger partial charge in [-0.05, 0) is 43.2 Å². The Morgan fingerprint density at radius 3 is 2.12 bits per heavy atom. The Hall–Kier alpha value is -1.26. The van der Waals surface area contributed by atoms with E-state index in [1.807, 2.05) is 45.4 Å². The summed E-state index contributed by atoms with van der Waals surface area (Å²) < 4.78 is 22.9. The van der Waals surface area contributed by atoms with Crippen molar-refractivity contribution in [2.24, 2.45) is 0 Å². The van der Waals surface area contributed by atoms with Gasteiger partial charge in [-0.1, -0.05) is 32.3 Å². The molecule has 0 saturated carbocycles. The first-order valence-electron chi connectivity index (χ1n) is 11.5. The average molecular weight is 524 g/mol. The van der Waals surface area contributed by atoms with E-state index in [1.165, 1.54) is 19.3 Å².